The Bertz CT molecular complexity index is 751. The second-order valence-electron chi connectivity index (χ2n) is 6.37. The third kappa shape index (κ3) is 3.25. The highest BCUT2D eigenvalue weighted by molar-refractivity contribution is 8.01. The van der Waals surface area contributed by atoms with Crippen molar-refractivity contribution < 1.29 is 28.6 Å². The SMILES string of the molecule is COc1ccc(C(=O)COC(=O)[C@H]2CS[C@]3(C)CCC(=O)N23)cc1OC. The zero-order chi connectivity index (χ0) is 18.9. The van der Waals surface area contributed by atoms with Gasteiger partial charge in [0, 0.05) is 17.7 Å². The van der Waals surface area contributed by atoms with Gasteiger partial charge in [-0.3, -0.25) is 9.59 Å². The molecule has 2 atom stereocenters. The predicted octanol–water partition coefficient (Wildman–Crippen LogP) is 1.88. The van der Waals surface area contributed by atoms with Crippen LogP contribution < -0.4 is 9.47 Å². The summed E-state index contributed by atoms with van der Waals surface area (Å²) in [6, 6.07) is 4.12. The molecule has 2 saturated heterocycles. The smallest absolute Gasteiger partial charge is 0.330 e. The highest BCUT2D eigenvalue weighted by Gasteiger charge is 2.53. The van der Waals surface area contributed by atoms with Gasteiger partial charge in [-0.15, -0.1) is 11.8 Å². The molecule has 0 spiro atoms. The standard InChI is InChI=1S/C18H21NO6S/c1-18-7-6-16(21)19(18)12(10-26-18)17(22)25-9-13(20)11-4-5-14(23-2)15(8-11)24-3/h4-5,8,12H,6-7,9-10H2,1-3H3/t12-,18-/m1/s1. The summed E-state index contributed by atoms with van der Waals surface area (Å²) in [4.78, 5) is 38.1. The van der Waals surface area contributed by atoms with Gasteiger partial charge in [-0.25, -0.2) is 4.79 Å². The number of fused-ring (bicyclic) bond motifs is 1. The Kier molecular flexibility index (Phi) is 5.13. The number of esters is 1. The number of carbonyl (C=O) groups excluding carboxylic acids is 3. The topological polar surface area (TPSA) is 82.1 Å². The largest absolute Gasteiger partial charge is 0.493 e. The van der Waals surface area contributed by atoms with E-state index in [2.05, 4.69) is 0 Å². The number of rotatable bonds is 6. The minimum atomic E-state index is -0.627. The van der Waals surface area contributed by atoms with E-state index >= 15 is 0 Å². The second kappa shape index (κ2) is 7.19. The molecule has 7 nitrogen and oxygen atoms in total. The van der Waals surface area contributed by atoms with E-state index in [1.54, 1.807) is 34.9 Å². The van der Waals surface area contributed by atoms with Crippen molar-refractivity contribution in [3.63, 3.8) is 0 Å². The van der Waals surface area contributed by atoms with Crippen LogP contribution in [0.15, 0.2) is 18.2 Å². The second-order valence-corrected chi connectivity index (χ2v) is 7.87. The van der Waals surface area contributed by atoms with E-state index in [0.29, 0.717) is 29.2 Å². The van der Waals surface area contributed by atoms with Crippen molar-refractivity contribution in [1.82, 2.24) is 4.90 Å². The van der Waals surface area contributed by atoms with E-state index in [1.165, 1.54) is 14.2 Å². The van der Waals surface area contributed by atoms with Gasteiger partial charge in [-0.2, -0.15) is 0 Å². The molecule has 140 valence electrons. The molecule has 0 bridgehead atoms. The summed E-state index contributed by atoms with van der Waals surface area (Å²) < 4.78 is 15.5. The van der Waals surface area contributed by atoms with E-state index < -0.39 is 12.0 Å². The molecule has 0 aromatic heterocycles. The lowest BCUT2D eigenvalue weighted by Gasteiger charge is -2.29. The molecule has 0 radical (unpaired) electrons. The van der Waals surface area contributed by atoms with Crippen LogP contribution in [-0.2, 0) is 14.3 Å². The van der Waals surface area contributed by atoms with Crippen molar-refractivity contribution in [2.75, 3.05) is 26.6 Å². The zero-order valence-electron chi connectivity index (χ0n) is 14.9. The number of hydrogen-bond acceptors (Lipinski definition) is 7. The maximum atomic E-state index is 12.4. The van der Waals surface area contributed by atoms with Gasteiger partial charge in [0.1, 0.15) is 6.04 Å². The van der Waals surface area contributed by atoms with Gasteiger partial charge < -0.3 is 19.1 Å². The Morgan fingerprint density at radius 3 is 2.69 bits per heavy atom. The van der Waals surface area contributed by atoms with E-state index in [0.717, 1.165) is 6.42 Å². The fourth-order valence-corrected chi connectivity index (χ4v) is 4.74. The average molecular weight is 379 g/mol. The van der Waals surface area contributed by atoms with Crippen LogP contribution in [0, 0.1) is 0 Å². The molecule has 2 aliphatic heterocycles. The van der Waals surface area contributed by atoms with Crippen molar-refractivity contribution in [3.05, 3.63) is 23.8 Å². The summed E-state index contributed by atoms with van der Waals surface area (Å²) in [5, 5.41) is 0. The Labute approximate surface area is 156 Å². The quantitative estimate of drug-likeness (QED) is 0.551. The molecule has 8 heteroatoms. The first-order valence-electron chi connectivity index (χ1n) is 8.27. The molecule has 2 fully saturated rings. The Morgan fingerprint density at radius 1 is 1.27 bits per heavy atom. The maximum absolute atomic E-state index is 12.4. The van der Waals surface area contributed by atoms with E-state index in [9.17, 15) is 14.4 Å². The fraction of sp³-hybridized carbons (Fsp3) is 0.500. The van der Waals surface area contributed by atoms with Crippen LogP contribution in [0.5, 0.6) is 11.5 Å². The van der Waals surface area contributed by atoms with Crippen molar-refractivity contribution >= 4 is 29.4 Å². The van der Waals surface area contributed by atoms with Crippen LogP contribution >= 0.6 is 11.8 Å². The number of ether oxygens (including phenoxy) is 3. The number of hydrogen-bond donors (Lipinski definition) is 0. The van der Waals surface area contributed by atoms with Gasteiger partial charge >= 0.3 is 5.97 Å². The molecule has 0 saturated carbocycles. The summed E-state index contributed by atoms with van der Waals surface area (Å²) in [6.45, 7) is 1.58. The number of benzene rings is 1. The minimum absolute atomic E-state index is 0.0364. The average Bonchev–Trinajstić information content (AvgIpc) is 3.14. The lowest BCUT2D eigenvalue weighted by molar-refractivity contribution is -0.152. The summed E-state index contributed by atoms with van der Waals surface area (Å²) >= 11 is 1.58. The van der Waals surface area contributed by atoms with Gasteiger partial charge in [0.2, 0.25) is 5.91 Å². The minimum Gasteiger partial charge on any atom is -0.493 e. The molecule has 1 aromatic carbocycles. The fourth-order valence-electron chi connectivity index (χ4n) is 3.32. The molecular formula is C18H21NO6S. The van der Waals surface area contributed by atoms with Gasteiger partial charge in [0.25, 0.3) is 0 Å². The van der Waals surface area contributed by atoms with Gasteiger partial charge in [0.15, 0.2) is 23.9 Å². The molecular weight excluding hydrogens is 358 g/mol. The molecule has 0 aliphatic carbocycles. The molecule has 2 aliphatic rings. The molecule has 1 amide bonds. The zero-order valence-corrected chi connectivity index (χ0v) is 15.8. The first kappa shape index (κ1) is 18.6. The summed E-state index contributed by atoms with van der Waals surface area (Å²) in [5.74, 6) is 0.508. The van der Waals surface area contributed by atoms with Crippen molar-refractivity contribution in [2.45, 2.75) is 30.7 Å². The lowest BCUT2D eigenvalue weighted by atomic mass is 10.1. The van der Waals surface area contributed by atoms with Crippen molar-refractivity contribution in [1.29, 1.82) is 0 Å². The predicted molar refractivity (Wildman–Crippen MR) is 95.6 cm³/mol. The van der Waals surface area contributed by atoms with Crippen LogP contribution in [0.25, 0.3) is 0 Å². The molecule has 1 aromatic rings. The highest BCUT2D eigenvalue weighted by Crippen LogP contribution is 2.47. The van der Waals surface area contributed by atoms with Gasteiger partial charge in [-0.05, 0) is 31.5 Å². The van der Waals surface area contributed by atoms with E-state index in [4.69, 9.17) is 14.2 Å². The number of methoxy groups -OCH3 is 2. The molecule has 2 heterocycles. The maximum Gasteiger partial charge on any atom is 0.330 e. The monoisotopic (exact) mass is 379 g/mol. The van der Waals surface area contributed by atoms with Gasteiger partial charge in [-0.1, -0.05) is 0 Å². The first-order chi connectivity index (χ1) is 12.4. The van der Waals surface area contributed by atoms with E-state index in [-0.39, 0.29) is 23.2 Å². The first-order valence-corrected chi connectivity index (χ1v) is 9.26. The number of thioether (sulfide) groups is 1. The number of carbonyl (C=O) groups is 3. The number of ketones is 1. The van der Waals surface area contributed by atoms with E-state index in [1.807, 2.05) is 6.92 Å². The summed E-state index contributed by atoms with van der Waals surface area (Å²) in [7, 11) is 2.99. The molecule has 26 heavy (non-hydrogen) atoms. The number of Topliss-reactive ketones (excluding diaryl/α,β-unsaturated/α-hetero) is 1. The van der Waals surface area contributed by atoms with Crippen molar-refractivity contribution in [2.24, 2.45) is 0 Å². The number of amides is 1. The lowest BCUT2D eigenvalue weighted by Crippen LogP contribution is -2.46. The van der Waals surface area contributed by atoms with Crippen LogP contribution in [0.4, 0.5) is 0 Å². The normalized spacial score (nSPS) is 24.3. The number of nitrogens with zero attached hydrogens (tertiary/aromatic N) is 1. The summed E-state index contributed by atoms with van der Waals surface area (Å²) in [5.41, 5.74) is 0.360. The highest BCUT2D eigenvalue weighted by atomic mass is 32.2. The van der Waals surface area contributed by atoms with Crippen molar-refractivity contribution in [3.8, 4) is 11.5 Å². The molecule has 3 rings (SSSR count). The molecule has 0 unspecified atom stereocenters. The third-order valence-electron chi connectivity index (χ3n) is 4.77. The van der Waals surface area contributed by atoms with Crippen LogP contribution in [0.2, 0.25) is 0 Å². The van der Waals surface area contributed by atoms with Crippen LogP contribution in [0.3, 0.4) is 0 Å². The van der Waals surface area contributed by atoms with Crippen LogP contribution in [-0.4, -0.2) is 60.1 Å². The van der Waals surface area contributed by atoms with Gasteiger partial charge in [0.05, 0.1) is 19.1 Å². The van der Waals surface area contributed by atoms with Crippen LogP contribution in [0.1, 0.15) is 30.1 Å². The Balaban J connectivity index is 1.63. The Hall–Kier alpha value is -2.22. The Morgan fingerprint density at radius 2 is 2.00 bits per heavy atom. The summed E-state index contributed by atoms with van der Waals surface area (Å²) in [6.07, 6.45) is 1.17. The third-order valence-corrected chi connectivity index (χ3v) is 6.27. The molecule has 0 N–H and O–H groups in total.